The van der Waals surface area contributed by atoms with Gasteiger partial charge in [-0.1, -0.05) is 11.6 Å². The Morgan fingerprint density at radius 2 is 2.29 bits per heavy atom. The number of hydrogen-bond donors (Lipinski definition) is 2. The fourth-order valence-electron chi connectivity index (χ4n) is 1.17. The highest BCUT2D eigenvalue weighted by Crippen LogP contribution is 2.19. The summed E-state index contributed by atoms with van der Waals surface area (Å²) < 4.78 is 17.8. The van der Waals surface area contributed by atoms with E-state index in [0.717, 1.165) is 6.42 Å². The molecule has 3 nitrogen and oxygen atoms in total. The van der Waals surface area contributed by atoms with Crippen molar-refractivity contribution in [1.29, 1.82) is 0 Å². The highest BCUT2D eigenvalue weighted by atomic mass is 35.5. The third-order valence-electron chi connectivity index (χ3n) is 1.99. The van der Waals surface area contributed by atoms with E-state index in [1.54, 1.807) is 13.2 Å². The van der Waals surface area contributed by atoms with Gasteiger partial charge in [0.05, 0.1) is 5.02 Å². The van der Waals surface area contributed by atoms with Gasteiger partial charge in [-0.15, -0.1) is 0 Å². The molecule has 1 aromatic rings. The van der Waals surface area contributed by atoms with Gasteiger partial charge in [-0.2, -0.15) is 0 Å². The molecule has 0 spiro atoms. The average Bonchev–Trinajstić information content (AvgIpc) is 2.30. The van der Waals surface area contributed by atoms with Crippen LogP contribution in [0.5, 0.6) is 0 Å². The highest BCUT2D eigenvalue weighted by molar-refractivity contribution is 7.80. The van der Waals surface area contributed by atoms with Crippen molar-refractivity contribution in [2.75, 3.05) is 25.6 Å². The Morgan fingerprint density at radius 3 is 2.94 bits per heavy atom. The van der Waals surface area contributed by atoms with E-state index in [9.17, 15) is 4.39 Å². The molecule has 0 bridgehead atoms. The molecule has 0 saturated heterocycles. The number of nitrogens with one attached hydrogen (secondary N) is 2. The van der Waals surface area contributed by atoms with Crippen molar-refractivity contribution < 1.29 is 9.13 Å². The normalized spacial score (nSPS) is 10.1. The number of rotatable bonds is 5. The summed E-state index contributed by atoms with van der Waals surface area (Å²) in [6.07, 6.45) is 0.864. The molecule has 0 heterocycles. The van der Waals surface area contributed by atoms with E-state index in [-0.39, 0.29) is 5.02 Å². The van der Waals surface area contributed by atoms with Crippen molar-refractivity contribution in [2.45, 2.75) is 6.42 Å². The molecular formula is C11H14ClFN2OS. The van der Waals surface area contributed by atoms with Gasteiger partial charge in [-0.25, -0.2) is 4.39 Å². The zero-order valence-electron chi connectivity index (χ0n) is 9.43. The molecule has 0 aliphatic heterocycles. The van der Waals surface area contributed by atoms with Crippen LogP contribution in [0.15, 0.2) is 18.2 Å². The SMILES string of the molecule is COCCCNC(=S)Nc1ccc(F)c(Cl)c1. The minimum atomic E-state index is -0.448. The number of halogens is 2. The lowest BCUT2D eigenvalue weighted by molar-refractivity contribution is 0.196. The molecule has 0 saturated carbocycles. The van der Waals surface area contributed by atoms with E-state index < -0.39 is 5.82 Å². The molecule has 0 unspecified atom stereocenters. The van der Waals surface area contributed by atoms with Gasteiger partial charge in [0.1, 0.15) is 5.82 Å². The van der Waals surface area contributed by atoms with Gasteiger partial charge < -0.3 is 15.4 Å². The van der Waals surface area contributed by atoms with Crippen LogP contribution in [0.3, 0.4) is 0 Å². The Labute approximate surface area is 110 Å². The highest BCUT2D eigenvalue weighted by Gasteiger charge is 2.02. The Kier molecular flexibility index (Phi) is 6.18. The fourth-order valence-corrected chi connectivity index (χ4v) is 1.57. The quantitative estimate of drug-likeness (QED) is 0.640. The second-order valence-electron chi connectivity index (χ2n) is 3.36. The molecule has 1 rings (SSSR count). The summed E-state index contributed by atoms with van der Waals surface area (Å²) in [4.78, 5) is 0. The lowest BCUT2D eigenvalue weighted by Gasteiger charge is -2.10. The summed E-state index contributed by atoms with van der Waals surface area (Å²) in [5, 5.41) is 6.46. The van der Waals surface area contributed by atoms with E-state index in [4.69, 9.17) is 28.6 Å². The van der Waals surface area contributed by atoms with Gasteiger partial charge in [0.2, 0.25) is 0 Å². The molecule has 0 radical (unpaired) electrons. The topological polar surface area (TPSA) is 33.3 Å². The second kappa shape index (κ2) is 7.42. The molecule has 0 amide bonds. The van der Waals surface area contributed by atoms with E-state index in [1.165, 1.54) is 12.1 Å². The molecular weight excluding hydrogens is 263 g/mol. The lowest BCUT2D eigenvalue weighted by atomic mass is 10.3. The largest absolute Gasteiger partial charge is 0.385 e. The number of anilines is 1. The van der Waals surface area contributed by atoms with Crippen molar-refractivity contribution in [3.05, 3.63) is 29.0 Å². The van der Waals surface area contributed by atoms with Crippen LogP contribution in [0.4, 0.5) is 10.1 Å². The first kappa shape index (κ1) is 14.2. The van der Waals surface area contributed by atoms with Crippen LogP contribution in [-0.2, 0) is 4.74 Å². The Bertz CT molecular complexity index is 390. The molecule has 0 aliphatic carbocycles. The van der Waals surface area contributed by atoms with Crippen molar-refractivity contribution >= 4 is 34.6 Å². The van der Waals surface area contributed by atoms with Crippen LogP contribution in [0.25, 0.3) is 0 Å². The maximum atomic E-state index is 12.9. The first-order chi connectivity index (χ1) is 8.13. The summed E-state index contributed by atoms with van der Waals surface area (Å²) in [6, 6.07) is 4.35. The molecule has 1 aromatic carbocycles. The molecule has 0 aromatic heterocycles. The van der Waals surface area contributed by atoms with Crippen LogP contribution >= 0.6 is 23.8 Å². The zero-order valence-corrected chi connectivity index (χ0v) is 11.0. The first-order valence-corrected chi connectivity index (χ1v) is 5.91. The van der Waals surface area contributed by atoms with Gasteiger partial charge >= 0.3 is 0 Å². The van der Waals surface area contributed by atoms with E-state index in [1.807, 2.05) is 0 Å². The summed E-state index contributed by atoms with van der Waals surface area (Å²) >= 11 is 10.7. The number of thiocarbonyl (C=S) groups is 1. The van der Waals surface area contributed by atoms with Crippen LogP contribution < -0.4 is 10.6 Å². The van der Waals surface area contributed by atoms with Gasteiger partial charge in [-0.3, -0.25) is 0 Å². The average molecular weight is 277 g/mol. The van der Waals surface area contributed by atoms with E-state index >= 15 is 0 Å². The maximum absolute atomic E-state index is 12.9. The molecule has 6 heteroatoms. The smallest absolute Gasteiger partial charge is 0.170 e. The van der Waals surface area contributed by atoms with Gasteiger partial charge in [-0.05, 0) is 36.8 Å². The molecule has 2 N–H and O–H groups in total. The summed E-state index contributed by atoms with van der Waals surface area (Å²) in [6.45, 7) is 1.40. The number of hydrogen-bond acceptors (Lipinski definition) is 2. The predicted molar refractivity (Wildman–Crippen MR) is 72.1 cm³/mol. The van der Waals surface area contributed by atoms with E-state index in [0.29, 0.717) is 24.0 Å². The van der Waals surface area contributed by atoms with Crippen molar-refractivity contribution in [3.63, 3.8) is 0 Å². The third kappa shape index (κ3) is 5.30. The summed E-state index contributed by atoms with van der Waals surface area (Å²) in [7, 11) is 1.65. The molecule has 0 aliphatic rings. The fraction of sp³-hybridized carbons (Fsp3) is 0.364. The third-order valence-corrected chi connectivity index (χ3v) is 2.52. The van der Waals surface area contributed by atoms with Crippen molar-refractivity contribution in [2.24, 2.45) is 0 Å². The van der Waals surface area contributed by atoms with Crippen LogP contribution in [-0.4, -0.2) is 25.4 Å². The Hall–Kier alpha value is -0.910. The molecule has 94 valence electrons. The van der Waals surface area contributed by atoms with Gasteiger partial charge in [0, 0.05) is 25.9 Å². The Morgan fingerprint density at radius 1 is 1.53 bits per heavy atom. The lowest BCUT2D eigenvalue weighted by Crippen LogP contribution is -2.29. The second-order valence-corrected chi connectivity index (χ2v) is 4.17. The number of ether oxygens (including phenoxy) is 1. The maximum Gasteiger partial charge on any atom is 0.170 e. The Balaban J connectivity index is 2.37. The minimum absolute atomic E-state index is 0.0668. The monoisotopic (exact) mass is 276 g/mol. The van der Waals surface area contributed by atoms with Crippen LogP contribution in [0.2, 0.25) is 5.02 Å². The zero-order chi connectivity index (χ0) is 12.7. The van der Waals surface area contributed by atoms with Crippen LogP contribution in [0.1, 0.15) is 6.42 Å². The summed E-state index contributed by atoms with van der Waals surface area (Å²) in [5.41, 5.74) is 0.653. The molecule has 0 fully saturated rings. The number of benzene rings is 1. The van der Waals surface area contributed by atoms with E-state index in [2.05, 4.69) is 10.6 Å². The van der Waals surface area contributed by atoms with Crippen LogP contribution in [0, 0.1) is 5.82 Å². The first-order valence-electron chi connectivity index (χ1n) is 5.12. The van der Waals surface area contributed by atoms with Crippen molar-refractivity contribution in [1.82, 2.24) is 5.32 Å². The molecule has 0 atom stereocenters. The van der Waals surface area contributed by atoms with Gasteiger partial charge in [0.15, 0.2) is 5.11 Å². The van der Waals surface area contributed by atoms with Gasteiger partial charge in [0.25, 0.3) is 0 Å². The predicted octanol–water partition coefficient (Wildman–Crippen LogP) is 2.80. The molecule has 17 heavy (non-hydrogen) atoms. The number of methoxy groups -OCH3 is 1. The summed E-state index contributed by atoms with van der Waals surface area (Å²) in [5.74, 6) is -0.448. The standard InChI is InChI=1S/C11H14ClFN2OS/c1-16-6-2-5-14-11(17)15-8-3-4-10(13)9(12)7-8/h3-4,7H,2,5-6H2,1H3,(H2,14,15,17). The minimum Gasteiger partial charge on any atom is -0.385 e. The van der Waals surface area contributed by atoms with Crippen molar-refractivity contribution in [3.8, 4) is 0 Å².